The topological polar surface area (TPSA) is 13.0 Å². The van der Waals surface area contributed by atoms with E-state index in [-0.39, 0.29) is 0 Å². The van der Waals surface area contributed by atoms with Crippen LogP contribution in [0.2, 0.25) is 0 Å². The monoisotopic (exact) mass is 846 g/mol. The summed E-state index contributed by atoms with van der Waals surface area (Å²) in [5.41, 5.74) is 15.8. The zero-order chi connectivity index (χ0) is 44.1. The highest BCUT2D eigenvalue weighted by Crippen LogP contribution is 2.56. The van der Waals surface area contributed by atoms with Gasteiger partial charge in [0.2, 0.25) is 0 Å². The van der Waals surface area contributed by atoms with Crippen LogP contribution >= 0.6 is 0 Å². The van der Waals surface area contributed by atoms with Crippen LogP contribution in [0.15, 0.2) is 243 Å². The fourth-order valence-electron chi connectivity index (χ4n) is 9.72. The number of benzene rings is 11. The van der Waals surface area contributed by atoms with Crippen LogP contribution in [0.3, 0.4) is 0 Å². The number of aryl methyl sites for hydroxylation is 2. The molecule has 1 aliphatic rings. The van der Waals surface area contributed by atoms with Gasteiger partial charge >= 0.3 is 0 Å². The van der Waals surface area contributed by atoms with Crippen LogP contribution in [0, 0.1) is 13.8 Å². The Morgan fingerprint density at radius 3 is 0.909 bits per heavy atom. The Hall–Kier alpha value is -8.60. The second-order valence-corrected chi connectivity index (χ2v) is 17.2. The van der Waals surface area contributed by atoms with E-state index in [4.69, 9.17) is 0 Å². The molecule has 0 radical (unpaired) electrons. The van der Waals surface area contributed by atoms with Gasteiger partial charge in [0.15, 0.2) is 0 Å². The van der Waals surface area contributed by atoms with Gasteiger partial charge in [0.25, 0.3) is 0 Å². The number of para-hydroxylation sites is 2. The summed E-state index contributed by atoms with van der Waals surface area (Å²) in [5.74, 6) is 0. The molecular weight excluding hydrogens is 801 g/mol. The Balaban J connectivity index is 0.986. The van der Waals surface area contributed by atoms with Crippen molar-refractivity contribution in [1.82, 2.24) is 0 Å². The minimum atomic E-state index is 1.09. The summed E-state index contributed by atoms with van der Waals surface area (Å²) < 4.78 is 0. The summed E-state index contributed by atoms with van der Waals surface area (Å²) in [6.07, 6.45) is 0. The van der Waals surface area contributed by atoms with E-state index < -0.39 is 0 Å². The summed E-state index contributed by atoms with van der Waals surface area (Å²) in [4.78, 5) is 9.61. The zero-order valence-electron chi connectivity index (χ0n) is 36.9. The lowest BCUT2D eigenvalue weighted by molar-refractivity contribution is 1.15. The highest BCUT2D eigenvalue weighted by atomic mass is 15.3. The molecule has 0 spiro atoms. The fraction of sp³-hybridized carbons (Fsp3) is 0.0323. The van der Waals surface area contributed by atoms with Gasteiger partial charge < -0.3 is 19.6 Å². The standard InChI is InChI=1S/C62H46N4/c1-43-37-59-60(38-44(43)2)66(56-35-31-54(32-36-56)64(52-23-7-4-8-24-52)58-28-26-46-16-10-12-18-48(46)40-58)62-42-50-20-14-13-19-49(50)41-61(62)65(59)55-33-29-53(30-34-55)63(51-21-5-3-6-22-51)57-27-25-45-15-9-11-17-47(45)39-57/h3-42H,1-2H3. The summed E-state index contributed by atoms with van der Waals surface area (Å²) in [6.45, 7) is 4.44. The van der Waals surface area contributed by atoms with Crippen LogP contribution in [-0.4, -0.2) is 0 Å². The van der Waals surface area contributed by atoms with Crippen molar-refractivity contribution in [3.8, 4) is 0 Å². The highest BCUT2D eigenvalue weighted by Gasteiger charge is 2.32. The first-order valence-electron chi connectivity index (χ1n) is 22.7. The van der Waals surface area contributed by atoms with Crippen molar-refractivity contribution in [2.24, 2.45) is 0 Å². The first kappa shape index (κ1) is 39.0. The third-order valence-electron chi connectivity index (χ3n) is 13.1. The van der Waals surface area contributed by atoms with Crippen molar-refractivity contribution in [1.29, 1.82) is 0 Å². The molecule has 1 aliphatic heterocycles. The van der Waals surface area contributed by atoms with Gasteiger partial charge in [-0.3, -0.25) is 0 Å². The van der Waals surface area contributed by atoms with Gasteiger partial charge in [-0.1, -0.05) is 121 Å². The molecule has 0 aromatic heterocycles. The maximum Gasteiger partial charge on any atom is 0.0709 e. The lowest BCUT2D eigenvalue weighted by Gasteiger charge is -2.41. The number of rotatable bonds is 8. The molecule has 0 N–H and O–H groups in total. The minimum Gasteiger partial charge on any atom is -0.310 e. The van der Waals surface area contributed by atoms with Crippen molar-refractivity contribution in [3.63, 3.8) is 0 Å². The Morgan fingerprint density at radius 2 is 0.530 bits per heavy atom. The molecule has 4 nitrogen and oxygen atoms in total. The molecule has 0 saturated heterocycles. The maximum absolute atomic E-state index is 2.46. The van der Waals surface area contributed by atoms with Gasteiger partial charge in [-0.05, 0) is 179 Å². The van der Waals surface area contributed by atoms with Crippen molar-refractivity contribution < 1.29 is 0 Å². The summed E-state index contributed by atoms with van der Waals surface area (Å²) in [6, 6.07) is 88.2. The average molecular weight is 847 g/mol. The second-order valence-electron chi connectivity index (χ2n) is 17.2. The third-order valence-corrected chi connectivity index (χ3v) is 13.1. The van der Waals surface area contributed by atoms with Crippen LogP contribution < -0.4 is 19.6 Å². The van der Waals surface area contributed by atoms with E-state index in [1.54, 1.807) is 0 Å². The molecule has 11 aromatic carbocycles. The number of anilines is 12. The molecule has 1 heterocycles. The Kier molecular flexibility index (Phi) is 9.57. The molecule has 0 amide bonds. The Labute approximate surface area is 386 Å². The third kappa shape index (κ3) is 6.88. The van der Waals surface area contributed by atoms with Crippen LogP contribution in [0.1, 0.15) is 11.1 Å². The first-order chi connectivity index (χ1) is 32.5. The van der Waals surface area contributed by atoms with Crippen molar-refractivity contribution in [3.05, 3.63) is 254 Å². The second kappa shape index (κ2) is 16.2. The average Bonchev–Trinajstić information content (AvgIpc) is 3.37. The predicted octanol–water partition coefficient (Wildman–Crippen LogP) is 18.0. The first-order valence-corrected chi connectivity index (χ1v) is 22.7. The fourth-order valence-corrected chi connectivity index (χ4v) is 9.72. The summed E-state index contributed by atoms with van der Waals surface area (Å²) >= 11 is 0. The Morgan fingerprint density at radius 1 is 0.242 bits per heavy atom. The van der Waals surface area contributed by atoms with Gasteiger partial charge in [0, 0.05) is 45.5 Å². The van der Waals surface area contributed by atoms with Crippen LogP contribution in [0.4, 0.5) is 68.2 Å². The van der Waals surface area contributed by atoms with E-state index in [0.717, 1.165) is 68.2 Å². The molecular formula is C62H46N4. The van der Waals surface area contributed by atoms with Gasteiger partial charge in [-0.25, -0.2) is 0 Å². The molecule has 66 heavy (non-hydrogen) atoms. The summed E-state index contributed by atoms with van der Waals surface area (Å²) in [5, 5.41) is 7.27. The molecule has 0 fully saturated rings. The molecule has 0 bridgehead atoms. The molecule has 0 aliphatic carbocycles. The smallest absolute Gasteiger partial charge is 0.0709 e. The predicted molar refractivity (Wildman–Crippen MR) is 281 cm³/mol. The van der Waals surface area contributed by atoms with E-state index in [0.29, 0.717) is 0 Å². The van der Waals surface area contributed by atoms with Crippen LogP contribution in [-0.2, 0) is 0 Å². The molecule has 11 aromatic rings. The zero-order valence-corrected chi connectivity index (χ0v) is 36.9. The van der Waals surface area contributed by atoms with E-state index in [9.17, 15) is 0 Å². The van der Waals surface area contributed by atoms with Crippen molar-refractivity contribution in [2.45, 2.75) is 13.8 Å². The van der Waals surface area contributed by atoms with Gasteiger partial charge in [0.1, 0.15) is 0 Å². The van der Waals surface area contributed by atoms with E-state index in [2.05, 4.69) is 276 Å². The molecule has 12 rings (SSSR count). The Bertz CT molecular complexity index is 3330. The molecule has 0 unspecified atom stereocenters. The van der Waals surface area contributed by atoms with Crippen LogP contribution in [0.5, 0.6) is 0 Å². The number of fused-ring (bicyclic) bond motifs is 5. The van der Waals surface area contributed by atoms with E-state index >= 15 is 0 Å². The van der Waals surface area contributed by atoms with Gasteiger partial charge in [-0.2, -0.15) is 0 Å². The van der Waals surface area contributed by atoms with E-state index in [1.807, 2.05) is 0 Å². The van der Waals surface area contributed by atoms with Gasteiger partial charge in [0.05, 0.1) is 22.7 Å². The number of hydrogen-bond donors (Lipinski definition) is 0. The van der Waals surface area contributed by atoms with Gasteiger partial charge in [-0.15, -0.1) is 0 Å². The number of nitrogens with zero attached hydrogens (tertiary/aromatic N) is 4. The van der Waals surface area contributed by atoms with Crippen molar-refractivity contribution in [2.75, 3.05) is 19.6 Å². The number of hydrogen-bond acceptors (Lipinski definition) is 4. The van der Waals surface area contributed by atoms with Crippen LogP contribution in [0.25, 0.3) is 32.3 Å². The lowest BCUT2D eigenvalue weighted by atomic mass is 9.98. The normalized spacial score (nSPS) is 12.0. The highest BCUT2D eigenvalue weighted by molar-refractivity contribution is 6.07. The summed E-state index contributed by atoms with van der Waals surface area (Å²) in [7, 11) is 0. The molecule has 4 heteroatoms. The molecule has 0 saturated carbocycles. The SMILES string of the molecule is Cc1cc2c(cc1C)N(c1ccc(N(c3ccccc3)c3ccc4ccccc4c3)cc1)c1cc3ccccc3cc1N2c1ccc(N(c2ccccc2)c2ccc3ccccc3c2)cc1. The van der Waals surface area contributed by atoms with E-state index in [1.165, 1.54) is 43.4 Å². The lowest BCUT2D eigenvalue weighted by Crippen LogP contribution is -2.24. The largest absolute Gasteiger partial charge is 0.310 e. The molecule has 0 atom stereocenters. The minimum absolute atomic E-state index is 1.09. The quantitative estimate of drug-likeness (QED) is 0.151. The maximum atomic E-state index is 2.46. The van der Waals surface area contributed by atoms with Crippen molar-refractivity contribution >= 4 is 101 Å². The molecule has 314 valence electrons.